The fourth-order valence-electron chi connectivity index (χ4n) is 1.46. The number of rotatable bonds is 1. The number of hydrogen-bond acceptors (Lipinski definition) is 4. The highest BCUT2D eigenvalue weighted by Crippen LogP contribution is 2.40. The molecule has 18 heavy (non-hydrogen) atoms. The first-order chi connectivity index (χ1) is 8.23. The Hall–Kier alpha value is -1.47. The fourth-order valence-corrected chi connectivity index (χ4v) is 1.63. The molecule has 0 fully saturated rings. The van der Waals surface area contributed by atoms with Crippen molar-refractivity contribution in [3.63, 3.8) is 0 Å². The summed E-state index contributed by atoms with van der Waals surface area (Å²) >= 11 is 5.66. The Morgan fingerprint density at radius 1 is 1.39 bits per heavy atom. The van der Waals surface area contributed by atoms with E-state index in [4.69, 9.17) is 11.6 Å². The second-order valence-electron chi connectivity index (χ2n) is 3.75. The number of alkyl halides is 3. The van der Waals surface area contributed by atoms with Crippen molar-refractivity contribution < 1.29 is 28.2 Å². The van der Waals surface area contributed by atoms with Gasteiger partial charge in [-0.2, -0.15) is 13.2 Å². The number of oxime groups is 1. The van der Waals surface area contributed by atoms with E-state index in [1.807, 2.05) is 0 Å². The van der Waals surface area contributed by atoms with Crippen LogP contribution in [0.25, 0.3) is 0 Å². The minimum Gasteiger partial charge on any atom is -0.507 e. The van der Waals surface area contributed by atoms with E-state index >= 15 is 0 Å². The number of aliphatic hydroxyl groups is 1. The van der Waals surface area contributed by atoms with E-state index in [-0.39, 0.29) is 22.0 Å². The van der Waals surface area contributed by atoms with Crippen LogP contribution in [0.15, 0.2) is 23.4 Å². The van der Waals surface area contributed by atoms with E-state index in [1.165, 1.54) is 18.2 Å². The van der Waals surface area contributed by atoms with Gasteiger partial charge >= 0.3 is 12.0 Å². The van der Waals surface area contributed by atoms with Gasteiger partial charge in [-0.3, -0.25) is 0 Å². The second kappa shape index (κ2) is 4.03. The van der Waals surface area contributed by atoms with Gasteiger partial charge in [0.25, 0.3) is 0 Å². The van der Waals surface area contributed by atoms with Crippen molar-refractivity contribution in [2.24, 2.45) is 5.16 Å². The summed E-state index contributed by atoms with van der Waals surface area (Å²) < 4.78 is 37.4. The van der Waals surface area contributed by atoms with Gasteiger partial charge in [0.2, 0.25) is 0 Å². The molecule has 0 spiro atoms. The Morgan fingerprint density at radius 3 is 2.61 bits per heavy atom. The van der Waals surface area contributed by atoms with Crippen molar-refractivity contribution in [1.29, 1.82) is 0 Å². The first-order valence-corrected chi connectivity index (χ1v) is 5.14. The zero-order chi connectivity index (χ0) is 13.6. The van der Waals surface area contributed by atoms with Crippen molar-refractivity contribution in [3.05, 3.63) is 28.8 Å². The second-order valence-corrected chi connectivity index (χ2v) is 4.19. The number of benzene rings is 1. The van der Waals surface area contributed by atoms with Gasteiger partial charge in [-0.25, -0.2) is 0 Å². The number of halogens is 4. The minimum absolute atomic E-state index is 0.0114. The first kappa shape index (κ1) is 13.0. The highest BCUT2D eigenvalue weighted by molar-refractivity contribution is 6.31. The Morgan fingerprint density at radius 2 is 2.06 bits per heavy atom. The Balaban J connectivity index is 2.31. The quantitative estimate of drug-likeness (QED) is 0.831. The average molecular weight is 282 g/mol. The number of phenols is 1. The number of nitrogens with zero attached hydrogens (tertiary/aromatic N) is 1. The van der Waals surface area contributed by atoms with Crippen LogP contribution in [0.5, 0.6) is 5.75 Å². The largest absolute Gasteiger partial charge is 0.507 e. The van der Waals surface area contributed by atoms with Crippen molar-refractivity contribution in [2.45, 2.75) is 18.4 Å². The van der Waals surface area contributed by atoms with E-state index in [1.54, 1.807) is 0 Å². The van der Waals surface area contributed by atoms with Gasteiger partial charge in [-0.05, 0) is 18.2 Å². The molecule has 0 bridgehead atoms. The normalized spacial score (nSPS) is 23.7. The van der Waals surface area contributed by atoms with Crippen LogP contribution < -0.4 is 0 Å². The molecular formula is C10H7ClF3NO3. The molecule has 1 aromatic rings. The lowest BCUT2D eigenvalue weighted by Gasteiger charge is -2.22. The Labute approximate surface area is 104 Å². The molecule has 0 radical (unpaired) electrons. The summed E-state index contributed by atoms with van der Waals surface area (Å²) in [5.74, 6) is -3.66. The van der Waals surface area contributed by atoms with E-state index < -0.39 is 18.4 Å². The predicted octanol–water partition coefficient (Wildman–Crippen LogP) is 2.42. The van der Waals surface area contributed by atoms with Crippen LogP contribution in [0.2, 0.25) is 5.02 Å². The van der Waals surface area contributed by atoms with Crippen LogP contribution in [0.3, 0.4) is 0 Å². The maximum atomic E-state index is 12.5. The molecule has 0 amide bonds. The molecule has 0 aromatic heterocycles. The van der Waals surface area contributed by atoms with Crippen LogP contribution in [-0.4, -0.2) is 27.9 Å². The van der Waals surface area contributed by atoms with Crippen LogP contribution in [0.4, 0.5) is 13.2 Å². The molecule has 1 heterocycles. The molecule has 4 nitrogen and oxygen atoms in total. The van der Waals surface area contributed by atoms with Gasteiger partial charge in [-0.15, -0.1) is 0 Å². The first-order valence-electron chi connectivity index (χ1n) is 4.76. The minimum atomic E-state index is -4.98. The summed E-state index contributed by atoms with van der Waals surface area (Å²) in [6.07, 6.45) is -5.89. The molecule has 2 N–H and O–H groups in total. The smallest absolute Gasteiger partial charge is 0.458 e. The molecule has 1 aromatic carbocycles. The Bertz CT molecular complexity index is 518. The maximum Gasteiger partial charge on any atom is 0.458 e. The molecule has 98 valence electrons. The highest BCUT2D eigenvalue weighted by atomic mass is 35.5. The van der Waals surface area contributed by atoms with Crippen molar-refractivity contribution in [2.75, 3.05) is 0 Å². The summed E-state index contributed by atoms with van der Waals surface area (Å²) in [4.78, 5) is 4.03. The molecule has 0 saturated carbocycles. The molecular weight excluding hydrogens is 275 g/mol. The third-order valence-corrected chi connectivity index (χ3v) is 2.66. The zero-order valence-corrected chi connectivity index (χ0v) is 9.46. The van der Waals surface area contributed by atoms with E-state index in [0.29, 0.717) is 0 Å². The lowest BCUT2D eigenvalue weighted by Crippen LogP contribution is -2.45. The van der Waals surface area contributed by atoms with Crippen molar-refractivity contribution in [3.8, 4) is 5.75 Å². The maximum absolute atomic E-state index is 12.5. The van der Waals surface area contributed by atoms with E-state index in [0.717, 1.165) is 0 Å². The lowest BCUT2D eigenvalue weighted by atomic mass is 10.0. The van der Waals surface area contributed by atoms with Crippen LogP contribution >= 0.6 is 11.6 Å². The Kier molecular flexibility index (Phi) is 2.90. The third kappa shape index (κ3) is 2.11. The summed E-state index contributed by atoms with van der Waals surface area (Å²) in [5, 5.41) is 22.1. The summed E-state index contributed by atoms with van der Waals surface area (Å²) in [5.41, 5.74) is -0.238. The van der Waals surface area contributed by atoms with Gasteiger partial charge in [0, 0.05) is 10.6 Å². The van der Waals surface area contributed by atoms with Crippen LogP contribution in [0, 0.1) is 0 Å². The van der Waals surface area contributed by atoms with Gasteiger partial charge in [-0.1, -0.05) is 16.8 Å². The topological polar surface area (TPSA) is 62.1 Å². The summed E-state index contributed by atoms with van der Waals surface area (Å²) in [7, 11) is 0. The van der Waals surface area contributed by atoms with E-state index in [9.17, 15) is 23.4 Å². The van der Waals surface area contributed by atoms with Gasteiger partial charge in [0.1, 0.15) is 5.75 Å². The molecule has 8 heteroatoms. The standard InChI is InChI=1S/C10H7ClF3NO3/c11-5-1-2-8(16)6(3-5)7-4-9(17,18-15-7)10(12,13)14/h1-3,16-17H,4H2. The van der Waals surface area contributed by atoms with Crippen molar-refractivity contribution >= 4 is 17.3 Å². The predicted molar refractivity (Wildman–Crippen MR) is 56.4 cm³/mol. The third-order valence-electron chi connectivity index (χ3n) is 2.43. The SMILES string of the molecule is Oc1ccc(Cl)cc1C1=NOC(O)(C(F)(F)F)C1. The number of phenolic OH excluding ortho intramolecular Hbond substituents is 1. The molecule has 1 atom stereocenters. The molecule has 2 rings (SSSR count). The molecule has 0 aliphatic carbocycles. The monoisotopic (exact) mass is 281 g/mol. The summed E-state index contributed by atoms with van der Waals surface area (Å²) in [6, 6.07) is 3.82. The van der Waals surface area contributed by atoms with Gasteiger partial charge < -0.3 is 15.1 Å². The van der Waals surface area contributed by atoms with Gasteiger partial charge in [0.05, 0.1) is 12.1 Å². The van der Waals surface area contributed by atoms with Crippen LogP contribution in [-0.2, 0) is 4.84 Å². The fraction of sp³-hybridized carbons (Fsp3) is 0.300. The molecule has 1 unspecified atom stereocenters. The van der Waals surface area contributed by atoms with E-state index in [2.05, 4.69) is 9.99 Å². The molecule has 1 aliphatic rings. The number of aromatic hydroxyl groups is 1. The summed E-state index contributed by atoms with van der Waals surface area (Å²) in [6.45, 7) is 0. The molecule has 0 saturated heterocycles. The lowest BCUT2D eigenvalue weighted by molar-refractivity contribution is -0.355. The number of hydrogen-bond donors (Lipinski definition) is 2. The molecule has 1 aliphatic heterocycles. The van der Waals surface area contributed by atoms with Gasteiger partial charge in [0.15, 0.2) is 0 Å². The zero-order valence-electron chi connectivity index (χ0n) is 8.70. The average Bonchev–Trinajstić information content (AvgIpc) is 2.65. The highest BCUT2D eigenvalue weighted by Gasteiger charge is 2.60. The van der Waals surface area contributed by atoms with Crippen molar-refractivity contribution in [1.82, 2.24) is 0 Å². The van der Waals surface area contributed by atoms with Crippen LogP contribution in [0.1, 0.15) is 12.0 Å².